The molecule has 14 heteroatoms. The summed E-state index contributed by atoms with van der Waals surface area (Å²) >= 11 is 3.31. The van der Waals surface area contributed by atoms with E-state index in [9.17, 15) is 22.5 Å². The molecule has 2 aromatic carbocycles. The fraction of sp³-hybridized carbons (Fsp3) is 0.150. The van der Waals surface area contributed by atoms with Gasteiger partial charge in [0.1, 0.15) is 18.0 Å². The summed E-state index contributed by atoms with van der Waals surface area (Å²) in [4.78, 5) is 28.6. The number of carbonyl (C=O) groups is 1. The fourth-order valence-electron chi connectivity index (χ4n) is 2.80. The van der Waals surface area contributed by atoms with Crippen molar-refractivity contribution in [3.05, 3.63) is 69.8 Å². The molecule has 0 bridgehead atoms. The van der Waals surface area contributed by atoms with Gasteiger partial charge in [0, 0.05) is 22.3 Å². The van der Waals surface area contributed by atoms with Gasteiger partial charge in [0.2, 0.25) is 5.95 Å². The average Bonchev–Trinajstić information content (AvgIpc) is 2.78. The van der Waals surface area contributed by atoms with Gasteiger partial charge in [-0.05, 0) is 45.8 Å². The first-order chi connectivity index (χ1) is 16.1. The second-order valence-electron chi connectivity index (χ2n) is 6.65. The minimum absolute atomic E-state index is 0.111. The summed E-state index contributed by atoms with van der Waals surface area (Å²) in [5, 5.41) is 7.83. The molecule has 9 nitrogen and oxygen atoms in total. The maximum Gasteiger partial charge on any atom is 0.695 e. The van der Waals surface area contributed by atoms with Gasteiger partial charge < -0.3 is 16.0 Å². The third-order valence-electron chi connectivity index (χ3n) is 4.37. The van der Waals surface area contributed by atoms with E-state index in [0.29, 0.717) is 21.9 Å². The molecular weight excluding hydrogens is 542 g/mol. The number of carbonyl (C=O) groups excluding carboxylic acids is 1. The zero-order valence-electron chi connectivity index (χ0n) is 17.4. The normalized spacial score (nSPS) is 11.6. The van der Waals surface area contributed by atoms with Crippen LogP contribution in [0.15, 0.2) is 53.1 Å². The van der Waals surface area contributed by atoms with Gasteiger partial charge in [-0.25, -0.2) is 4.98 Å². The molecule has 1 unspecified atom stereocenters. The van der Waals surface area contributed by atoms with Crippen molar-refractivity contribution < 1.29 is 31.9 Å². The Morgan fingerprint density at radius 2 is 1.91 bits per heavy atom. The number of benzene rings is 2. The van der Waals surface area contributed by atoms with Crippen LogP contribution in [-0.4, -0.2) is 27.8 Å². The highest BCUT2D eigenvalue weighted by atomic mass is 79.9. The van der Waals surface area contributed by atoms with Gasteiger partial charge in [0.05, 0.1) is 16.9 Å². The van der Waals surface area contributed by atoms with E-state index in [2.05, 4.69) is 46.4 Å². The number of rotatable bonds is 8. The molecule has 3 rings (SSSR count). The summed E-state index contributed by atoms with van der Waals surface area (Å²) in [5.74, 6) is -1.17. The first-order valence-corrected chi connectivity index (χ1v) is 11.4. The SMILES string of the molecule is CNC(=O)c1ccccc1Nc1nc(Nc2ccc(CO[P+](=O)O)cc2Br)ncc1C(F)(F)F. The Labute approximate surface area is 200 Å². The molecule has 0 spiro atoms. The molecule has 0 saturated heterocycles. The molecular formula is C20H17BrF3N5O4P+. The van der Waals surface area contributed by atoms with E-state index >= 15 is 0 Å². The number of nitrogens with one attached hydrogen (secondary N) is 3. The predicted molar refractivity (Wildman–Crippen MR) is 122 cm³/mol. The average molecular weight is 559 g/mol. The molecule has 1 aromatic heterocycles. The molecule has 1 amide bonds. The van der Waals surface area contributed by atoms with E-state index in [4.69, 9.17) is 4.89 Å². The topological polar surface area (TPSA) is 125 Å². The number of hydrogen-bond acceptors (Lipinski definition) is 7. The molecule has 0 aliphatic carbocycles. The van der Waals surface area contributed by atoms with Crippen molar-refractivity contribution >= 4 is 53.2 Å². The number of anilines is 4. The van der Waals surface area contributed by atoms with Gasteiger partial charge in [-0.15, -0.1) is 9.42 Å². The lowest BCUT2D eigenvalue weighted by Crippen LogP contribution is -2.20. The highest BCUT2D eigenvalue weighted by Gasteiger charge is 2.35. The lowest BCUT2D eigenvalue weighted by molar-refractivity contribution is -0.137. The summed E-state index contributed by atoms with van der Waals surface area (Å²) in [6.45, 7) is -0.111. The number of aromatic nitrogens is 2. The quantitative estimate of drug-likeness (QED) is 0.275. The van der Waals surface area contributed by atoms with E-state index in [1.807, 2.05) is 0 Å². The second kappa shape index (κ2) is 10.9. The maximum atomic E-state index is 13.6. The number of nitrogens with zero attached hydrogens (tertiary/aromatic N) is 2. The third kappa shape index (κ3) is 6.48. The maximum absolute atomic E-state index is 13.6. The Hall–Kier alpha value is -3.12. The molecule has 1 heterocycles. The Bertz CT molecular complexity index is 1230. The van der Waals surface area contributed by atoms with Gasteiger partial charge in [-0.3, -0.25) is 4.79 Å². The number of amides is 1. The van der Waals surface area contributed by atoms with Crippen LogP contribution < -0.4 is 16.0 Å². The second-order valence-corrected chi connectivity index (χ2v) is 8.24. The monoisotopic (exact) mass is 558 g/mol. The highest BCUT2D eigenvalue weighted by molar-refractivity contribution is 9.10. The van der Waals surface area contributed by atoms with Crippen LogP contribution in [0.1, 0.15) is 21.5 Å². The Morgan fingerprint density at radius 3 is 2.56 bits per heavy atom. The first kappa shape index (κ1) is 25.5. The van der Waals surface area contributed by atoms with E-state index in [0.717, 1.165) is 0 Å². The van der Waals surface area contributed by atoms with Crippen LogP contribution in [0.25, 0.3) is 0 Å². The van der Waals surface area contributed by atoms with Crippen LogP contribution in [0.2, 0.25) is 0 Å². The molecule has 0 saturated carbocycles. The van der Waals surface area contributed by atoms with Gasteiger partial charge in [0.15, 0.2) is 0 Å². The van der Waals surface area contributed by atoms with E-state index in [1.54, 1.807) is 30.3 Å². The first-order valence-electron chi connectivity index (χ1n) is 9.45. The standard InChI is InChI=1S/C20H16BrF3N5O4P/c1-25-18(30)12-4-2-3-5-15(12)27-17-13(20(22,23)24)9-26-19(29-17)28-16-7-6-11(8-14(16)21)10-33-34(31)32/h2-9H,10H2,1H3,(H3-,25,26,27,28,29,30,31,32)/p+1. The molecule has 178 valence electrons. The Morgan fingerprint density at radius 1 is 1.18 bits per heavy atom. The fourth-order valence-corrected chi connectivity index (χ4v) is 3.58. The molecule has 0 radical (unpaired) electrons. The lowest BCUT2D eigenvalue weighted by atomic mass is 10.1. The smallest absolute Gasteiger partial charge is 0.355 e. The van der Waals surface area contributed by atoms with Crippen molar-refractivity contribution in [2.75, 3.05) is 17.7 Å². The van der Waals surface area contributed by atoms with Crippen molar-refractivity contribution in [3.8, 4) is 0 Å². The van der Waals surface area contributed by atoms with Gasteiger partial charge in [-0.2, -0.15) is 18.2 Å². The summed E-state index contributed by atoms with van der Waals surface area (Å²) in [6.07, 6.45) is -4.12. The lowest BCUT2D eigenvalue weighted by Gasteiger charge is -2.16. The zero-order valence-corrected chi connectivity index (χ0v) is 19.8. The van der Waals surface area contributed by atoms with Crippen LogP contribution in [0.5, 0.6) is 0 Å². The van der Waals surface area contributed by atoms with Crippen LogP contribution in [-0.2, 0) is 21.9 Å². The molecule has 34 heavy (non-hydrogen) atoms. The molecule has 1 atom stereocenters. The van der Waals surface area contributed by atoms with Crippen molar-refractivity contribution in [1.29, 1.82) is 0 Å². The van der Waals surface area contributed by atoms with Gasteiger partial charge in [-0.1, -0.05) is 18.2 Å². The van der Waals surface area contributed by atoms with E-state index < -0.39 is 31.7 Å². The zero-order chi connectivity index (χ0) is 24.9. The molecule has 3 aromatic rings. The molecule has 0 fully saturated rings. The summed E-state index contributed by atoms with van der Waals surface area (Å²) < 4.78 is 56.6. The Kier molecular flexibility index (Phi) is 8.15. The van der Waals surface area contributed by atoms with E-state index in [-0.39, 0.29) is 23.8 Å². The highest BCUT2D eigenvalue weighted by Crippen LogP contribution is 2.36. The van der Waals surface area contributed by atoms with Gasteiger partial charge >= 0.3 is 14.4 Å². The van der Waals surface area contributed by atoms with Crippen molar-refractivity contribution in [2.24, 2.45) is 0 Å². The van der Waals surface area contributed by atoms with Crippen LogP contribution in [0, 0.1) is 0 Å². The number of hydrogen-bond donors (Lipinski definition) is 4. The molecule has 0 aliphatic rings. The molecule has 4 N–H and O–H groups in total. The van der Waals surface area contributed by atoms with Crippen LogP contribution in [0.3, 0.4) is 0 Å². The number of alkyl halides is 3. The predicted octanol–water partition coefficient (Wildman–Crippen LogP) is 5.27. The minimum Gasteiger partial charge on any atom is -0.355 e. The van der Waals surface area contributed by atoms with Crippen LogP contribution >= 0.6 is 24.2 Å². The number of halogens is 4. The number of para-hydroxylation sites is 1. The van der Waals surface area contributed by atoms with E-state index in [1.165, 1.54) is 19.2 Å². The minimum atomic E-state index is -4.75. The Balaban J connectivity index is 1.93. The summed E-state index contributed by atoms with van der Waals surface area (Å²) in [6, 6.07) is 10.8. The van der Waals surface area contributed by atoms with Crippen LogP contribution in [0.4, 0.5) is 36.3 Å². The van der Waals surface area contributed by atoms with Gasteiger partial charge in [0.25, 0.3) is 5.91 Å². The van der Waals surface area contributed by atoms with Crippen molar-refractivity contribution in [1.82, 2.24) is 15.3 Å². The largest absolute Gasteiger partial charge is 0.695 e. The van der Waals surface area contributed by atoms with Crippen molar-refractivity contribution in [3.63, 3.8) is 0 Å². The summed E-state index contributed by atoms with van der Waals surface area (Å²) in [7, 11) is -1.34. The van der Waals surface area contributed by atoms with Crippen molar-refractivity contribution in [2.45, 2.75) is 12.8 Å². The summed E-state index contributed by atoms with van der Waals surface area (Å²) in [5.41, 5.74) is 0.153. The third-order valence-corrected chi connectivity index (χ3v) is 5.37. The molecule has 0 aliphatic heterocycles.